The maximum absolute atomic E-state index is 9.46. The van der Waals surface area contributed by atoms with Crippen molar-refractivity contribution >= 4 is 41.7 Å². The summed E-state index contributed by atoms with van der Waals surface area (Å²) in [5, 5.41) is 16.2. The van der Waals surface area contributed by atoms with Crippen molar-refractivity contribution in [1.82, 2.24) is 10.6 Å². The van der Waals surface area contributed by atoms with Crippen molar-refractivity contribution in [3.8, 4) is 0 Å². The van der Waals surface area contributed by atoms with E-state index in [9.17, 15) is 5.11 Å². The average molecular weight is 387 g/mol. The second-order valence-corrected chi connectivity index (χ2v) is 5.39. The Labute approximate surface area is 132 Å². The molecule has 1 aliphatic rings. The Hall–Kier alpha value is 0.310. The first kappa shape index (κ1) is 18.3. The summed E-state index contributed by atoms with van der Waals surface area (Å²) in [5.41, 5.74) is 0. The van der Waals surface area contributed by atoms with Gasteiger partial charge in [0, 0.05) is 18.3 Å². The molecule has 108 valence electrons. The zero-order chi connectivity index (χ0) is 12.5. The molecule has 0 aromatic carbocycles. The first-order chi connectivity index (χ1) is 8.26. The summed E-state index contributed by atoms with van der Waals surface area (Å²) in [6.45, 7) is 3.82. The second kappa shape index (κ2) is 11.2. The van der Waals surface area contributed by atoms with E-state index in [2.05, 4.69) is 28.8 Å². The van der Waals surface area contributed by atoms with Gasteiger partial charge >= 0.3 is 0 Å². The van der Waals surface area contributed by atoms with Crippen LogP contribution in [0, 0.1) is 0 Å². The number of halogens is 1. The van der Waals surface area contributed by atoms with Gasteiger partial charge in [0.2, 0.25) is 0 Å². The van der Waals surface area contributed by atoms with Crippen LogP contribution >= 0.6 is 35.7 Å². The SMILES string of the molecule is CCNC(=NCCSC)NC1CCC(O)CC1.I. The molecule has 1 aliphatic carbocycles. The normalized spacial score (nSPS) is 24.3. The number of aliphatic hydroxyl groups excluding tert-OH is 1. The number of guanidine groups is 1. The highest BCUT2D eigenvalue weighted by Crippen LogP contribution is 2.18. The van der Waals surface area contributed by atoms with Gasteiger partial charge in [-0.3, -0.25) is 4.99 Å². The third-order valence-electron chi connectivity index (χ3n) is 2.95. The van der Waals surface area contributed by atoms with Gasteiger partial charge in [-0.05, 0) is 38.9 Å². The van der Waals surface area contributed by atoms with Gasteiger partial charge in [-0.15, -0.1) is 24.0 Å². The Morgan fingerprint density at radius 3 is 2.56 bits per heavy atom. The van der Waals surface area contributed by atoms with Crippen molar-refractivity contribution < 1.29 is 5.11 Å². The van der Waals surface area contributed by atoms with E-state index in [0.717, 1.165) is 50.5 Å². The first-order valence-electron chi connectivity index (χ1n) is 6.48. The Bertz CT molecular complexity index is 233. The molecule has 0 aromatic heterocycles. The predicted octanol–water partition coefficient (Wildman–Crippen LogP) is 1.83. The molecule has 0 spiro atoms. The summed E-state index contributed by atoms with van der Waals surface area (Å²) >= 11 is 1.81. The lowest BCUT2D eigenvalue weighted by Crippen LogP contribution is -2.45. The van der Waals surface area contributed by atoms with Gasteiger partial charge in [0.1, 0.15) is 0 Å². The molecule has 3 N–H and O–H groups in total. The van der Waals surface area contributed by atoms with E-state index in [1.807, 2.05) is 11.8 Å². The molecule has 0 amide bonds. The monoisotopic (exact) mass is 387 g/mol. The third kappa shape index (κ3) is 7.68. The van der Waals surface area contributed by atoms with Crippen LogP contribution in [-0.4, -0.2) is 48.3 Å². The molecule has 0 radical (unpaired) electrons. The molecule has 0 heterocycles. The second-order valence-electron chi connectivity index (χ2n) is 4.40. The summed E-state index contributed by atoms with van der Waals surface area (Å²) < 4.78 is 0. The van der Waals surface area contributed by atoms with E-state index >= 15 is 0 Å². The quantitative estimate of drug-likeness (QED) is 0.292. The van der Waals surface area contributed by atoms with Crippen molar-refractivity contribution in [2.24, 2.45) is 4.99 Å². The molecular weight excluding hydrogens is 361 g/mol. The first-order valence-corrected chi connectivity index (χ1v) is 7.87. The van der Waals surface area contributed by atoms with Crippen molar-refractivity contribution in [3.05, 3.63) is 0 Å². The van der Waals surface area contributed by atoms with Crippen LogP contribution in [0.2, 0.25) is 0 Å². The average Bonchev–Trinajstić information content (AvgIpc) is 2.32. The number of thioether (sulfide) groups is 1. The van der Waals surface area contributed by atoms with Crippen LogP contribution in [-0.2, 0) is 0 Å². The van der Waals surface area contributed by atoms with Gasteiger partial charge in [0.25, 0.3) is 0 Å². The van der Waals surface area contributed by atoms with E-state index in [4.69, 9.17) is 0 Å². The van der Waals surface area contributed by atoms with Crippen molar-refractivity contribution in [3.63, 3.8) is 0 Å². The van der Waals surface area contributed by atoms with Crippen LogP contribution in [0.25, 0.3) is 0 Å². The molecule has 6 heteroatoms. The summed E-state index contributed by atoms with van der Waals surface area (Å²) in [4.78, 5) is 4.53. The molecule has 1 saturated carbocycles. The molecule has 0 unspecified atom stereocenters. The smallest absolute Gasteiger partial charge is 0.191 e. The van der Waals surface area contributed by atoms with Gasteiger partial charge in [-0.1, -0.05) is 0 Å². The summed E-state index contributed by atoms with van der Waals surface area (Å²) in [5.74, 6) is 1.97. The van der Waals surface area contributed by atoms with Crippen LogP contribution in [0.15, 0.2) is 4.99 Å². The highest BCUT2D eigenvalue weighted by molar-refractivity contribution is 14.0. The number of hydrogen-bond acceptors (Lipinski definition) is 3. The molecule has 1 rings (SSSR count). The number of hydrogen-bond donors (Lipinski definition) is 3. The Kier molecular flexibility index (Phi) is 11.4. The van der Waals surface area contributed by atoms with E-state index in [0.29, 0.717) is 6.04 Å². The molecule has 0 aromatic rings. The third-order valence-corrected chi connectivity index (χ3v) is 3.54. The Balaban J connectivity index is 0.00000289. The van der Waals surface area contributed by atoms with Gasteiger partial charge < -0.3 is 15.7 Å². The van der Waals surface area contributed by atoms with Crippen LogP contribution in [0.1, 0.15) is 32.6 Å². The number of nitrogens with zero attached hydrogens (tertiary/aromatic N) is 1. The summed E-state index contributed by atoms with van der Waals surface area (Å²) in [6, 6.07) is 0.463. The minimum absolute atomic E-state index is 0. The van der Waals surface area contributed by atoms with Crippen LogP contribution in [0.3, 0.4) is 0 Å². The Morgan fingerprint density at radius 1 is 1.33 bits per heavy atom. The van der Waals surface area contributed by atoms with Crippen LogP contribution in [0.4, 0.5) is 0 Å². The van der Waals surface area contributed by atoms with Crippen LogP contribution < -0.4 is 10.6 Å². The highest BCUT2D eigenvalue weighted by atomic mass is 127. The summed E-state index contributed by atoms with van der Waals surface area (Å²) in [7, 11) is 0. The van der Waals surface area contributed by atoms with Crippen molar-refractivity contribution in [2.45, 2.75) is 44.8 Å². The fourth-order valence-electron chi connectivity index (χ4n) is 1.98. The zero-order valence-corrected chi connectivity index (χ0v) is 14.5. The fourth-order valence-corrected chi connectivity index (χ4v) is 2.26. The fraction of sp³-hybridized carbons (Fsp3) is 0.917. The maximum atomic E-state index is 9.46. The molecule has 0 aliphatic heterocycles. The molecule has 18 heavy (non-hydrogen) atoms. The largest absolute Gasteiger partial charge is 0.393 e. The lowest BCUT2D eigenvalue weighted by molar-refractivity contribution is 0.120. The van der Waals surface area contributed by atoms with Gasteiger partial charge in [-0.25, -0.2) is 0 Å². The van der Waals surface area contributed by atoms with Crippen molar-refractivity contribution in [1.29, 1.82) is 0 Å². The number of aliphatic hydroxyl groups is 1. The molecular formula is C12H26IN3OS. The molecule has 0 saturated heterocycles. The number of aliphatic imine (C=N–C) groups is 1. The Morgan fingerprint density at radius 2 is 2.00 bits per heavy atom. The van der Waals surface area contributed by atoms with Gasteiger partial charge in [-0.2, -0.15) is 11.8 Å². The molecule has 0 bridgehead atoms. The molecule has 4 nitrogen and oxygen atoms in total. The van der Waals surface area contributed by atoms with E-state index in [1.165, 1.54) is 0 Å². The lowest BCUT2D eigenvalue weighted by Gasteiger charge is -2.27. The van der Waals surface area contributed by atoms with Gasteiger partial charge in [0.15, 0.2) is 5.96 Å². The van der Waals surface area contributed by atoms with E-state index in [1.54, 1.807) is 0 Å². The van der Waals surface area contributed by atoms with Crippen molar-refractivity contribution in [2.75, 3.05) is 25.1 Å². The lowest BCUT2D eigenvalue weighted by atomic mass is 9.93. The maximum Gasteiger partial charge on any atom is 0.191 e. The van der Waals surface area contributed by atoms with Crippen LogP contribution in [0.5, 0.6) is 0 Å². The standard InChI is InChI=1S/C12H25N3OS.HI/c1-3-13-12(14-8-9-17-2)15-10-4-6-11(16)7-5-10;/h10-11,16H,3-9H2,1-2H3,(H2,13,14,15);1H. The zero-order valence-electron chi connectivity index (χ0n) is 11.3. The molecule has 0 atom stereocenters. The minimum atomic E-state index is -0.0935. The predicted molar refractivity (Wildman–Crippen MR) is 91.2 cm³/mol. The van der Waals surface area contributed by atoms with E-state index in [-0.39, 0.29) is 30.1 Å². The van der Waals surface area contributed by atoms with Gasteiger partial charge in [0.05, 0.1) is 12.6 Å². The number of rotatable bonds is 5. The van der Waals surface area contributed by atoms with E-state index < -0.39 is 0 Å². The highest BCUT2D eigenvalue weighted by Gasteiger charge is 2.19. The topological polar surface area (TPSA) is 56.7 Å². The number of nitrogens with one attached hydrogen (secondary N) is 2. The minimum Gasteiger partial charge on any atom is -0.393 e. The summed E-state index contributed by atoms with van der Waals surface area (Å²) in [6.07, 6.45) is 5.88. The molecule has 1 fully saturated rings.